The minimum atomic E-state index is -1.45. The van der Waals surface area contributed by atoms with Gasteiger partial charge in [0.1, 0.15) is 18.3 Å². The number of nitrogens with two attached hydrogens (primary N) is 1. The summed E-state index contributed by atoms with van der Waals surface area (Å²) in [5.41, 5.74) is 4.85. The van der Waals surface area contributed by atoms with Crippen molar-refractivity contribution in [3.8, 4) is 0 Å². The van der Waals surface area contributed by atoms with Crippen LogP contribution in [0.25, 0.3) is 0 Å². The molecule has 0 aromatic rings. The minimum Gasteiger partial charge on any atom is -0.388 e. The fourth-order valence-corrected chi connectivity index (χ4v) is 1.06. The van der Waals surface area contributed by atoms with Crippen molar-refractivity contribution in [1.82, 2.24) is 0 Å². The van der Waals surface area contributed by atoms with Gasteiger partial charge in [-0.05, 0) is 0 Å². The van der Waals surface area contributed by atoms with Crippen LogP contribution in [-0.4, -0.2) is 52.2 Å². The quantitative estimate of drug-likeness (QED) is 0.340. The Labute approximate surface area is 68.6 Å². The molecule has 0 aliphatic carbocycles. The first kappa shape index (κ1) is 9.40. The normalized spacial score (nSPS) is 42.6. The molecule has 4 atom stereocenters. The van der Waals surface area contributed by atoms with E-state index in [2.05, 4.69) is 0 Å². The molecule has 1 heterocycles. The first-order valence-corrected chi connectivity index (χ1v) is 3.49. The summed E-state index contributed by atoms with van der Waals surface area (Å²) in [5, 5.41) is 27.2. The number of amides is 1. The van der Waals surface area contributed by atoms with Gasteiger partial charge in [0.05, 0.1) is 6.61 Å². The second-order valence-electron chi connectivity index (χ2n) is 2.70. The predicted octanol–water partition coefficient (Wildman–Crippen LogP) is -3.05. The van der Waals surface area contributed by atoms with Gasteiger partial charge in [0.2, 0.25) is 5.91 Å². The number of ether oxygens (including phenoxy) is 1. The smallest absolute Gasteiger partial charge is 0.249 e. The Hall–Kier alpha value is -0.690. The molecule has 0 saturated carbocycles. The zero-order valence-corrected chi connectivity index (χ0v) is 6.25. The van der Waals surface area contributed by atoms with Gasteiger partial charge in [-0.3, -0.25) is 4.79 Å². The summed E-state index contributed by atoms with van der Waals surface area (Å²) in [6.45, 7) is -0.203. The summed E-state index contributed by atoms with van der Waals surface area (Å²) in [6.07, 6.45) is -5.23. The molecular formula is C6H11NO5. The molecule has 1 rings (SSSR count). The van der Waals surface area contributed by atoms with E-state index in [1.165, 1.54) is 0 Å². The molecular weight excluding hydrogens is 166 g/mol. The third-order valence-electron chi connectivity index (χ3n) is 1.78. The molecule has 1 aliphatic heterocycles. The van der Waals surface area contributed by atoms with Gasteiger partial charge in [0, 0.05) is 0 Å². The van der Waals surface area contributed by atoms with Crippen LogP contribution in [0.4, 0.5) is 0 Å². The van der Waals surface area contributed by atoms with Crippen LogP contribution in [0, 0.1) is 0 Å². The third kappa shape index (κ3) is 1.56. The number of carbonyl (C=O) groups excluding carboxylic acids is 1. The van der Waals surface area contributed by atoms with Crippen LogP contribution in [0.1, 0.15) is 0 Å². The number of rotatable bonds is 1. The largest absolute Gasteiger partial charge is 0.388 e. The summed E-state index contributed by atoms with van der Waals surface area (Å²) in [5.74, 6) is -0.853. The molecule has 0 spiro atoms. The molecule has 12 heavy (non-hydrogen) atoms. The molecule has 5 N–H and O–H groups in total. The van der Waals surface area contributed by atoms with E-state index in [1.807, 2.05) is 0 Å². The SMILES string of the molecule is NC(=O)[C@@H]1OC[C@@H](O)[C@H](O)[C@H]1O. The van der Waals surface area contributed by atoms with Gasteiger partial charge >= 0.3 is 0 Å². The van der Waals surface area contributed by atoms with Crippen molar-refractivity contribution in [2.24, 2.45) is 5.73 Å². The molecule has 0 bridgehead atoms. The topological polar surface area (TPSA) is 113 Å². The molecule has 0 radical (unpaired) electrons. The van der Waals surface area contributed by atoms with Gasteiger partial charge in [-0.2, -0.15) is 0 Å². The van der Waals surface area contributed by atoms with Crippen LogP contribution in [-0.2, 0) is 9.53 Å². The van der Waals surface area contributed by atoms with E-state index >= 15 is 0 Å². The van der Waals surface area contributed by atoms with Crippen molar-refractivity contribution in [2.45, 2.75) is 24.4 Å². The lowest BCUT2D eigenvalue weighted by Gasteiger charge is -2.33. The van der Waals surface area contributed by atoms with Crippen molar-refractivity contribution < 1.29 is 24.9 Å². The van der Waals surface area contributed by atoms with Crippen LogP contribution in [0.5, 0.6) is 0 Å². The van der Waals surface area contributed by atoms with Crippen LogP contribution in [0.15, 0.2) is 0 Å². The van der Waals surface area contributed by atoms with E-state index in [-0.39, 0.29) is 6.61 Å². The van der Waals surface area contributed by atoms with E-state index < -0.39 is 30.3 Å². The van der Waals surface area contributed by atoms with Gasteiger partial charge in [-0.1, -0.05) is 0 Å². The maximum absolute atomic E-state index is 10.6. The number of hydrogen-bond donors (Lipinski definition) is 4. The molecule has 6 nitrogen and oxygen atoms in total. The van der Waals surface area contributed by atoms with E-state index in [0.29, 0.717) is 0 Å². The lowest BCUT2D eigenvalue weighted by molar-refractivity contribution is -0.190. The van der Waals surface area contributed by atoms with Crippen molar-refractivity contribution in [3.05, 3.63) is 0 Å². The highest BCUT2D eigenvalue weighted by molar-refractivity contribution is 5.79. The van der Waals surface area contributed by atoms with E-state index in [9.17, 15) is 4.79 Å². The Morgan fingerprint density at radius 1 is 1.33 bits per heavy atom. The Balaban J connectivity index is 2.65. The average molecular weight is 177 g/mol. The molecule has 70 valence electrons. The monoisotopic (exact) mass is 177 g/mol. The lowest BCUT2D eigenvalue weighted by Crippen LogP contribution is -2.57. The highest BCUT2D eigenvalue weighted by Gasteiger charge is 2.40. The van der Waals surface area contributed by atoms with Crippen LogP contribution in [0.2, 0.25) is 0 Å². The van der Waals surface area contributed by atoms with E-state index in [4.69, 9.17) is 25.8 Å². The number of primary amides is 1. The van der Waals surface area contributed by atoms with Crippen molar-refractivity contribution >= 4 is 5.91 Å². The summed E-state index contributed by atoms with van der Waals surface area (Å²) < 4.78 is 4.70. The molecule has 6 heteroatoms. The summed E-state index contributed by atoms with van der Waals surface area (Å²) in [6, 6.07) is 0. The molecule has 1 amide bonds. The Morgan fingerprint density at radius 2 is 1.92 bits per heavy atom. The second-order valence-corrected chi connectivity index (χ2v) is 2.70. The van der Waals surface area contributed by atoms with Crippen LogP contribution >= 0.6 is 0 Å². The summed E-state index contributed by atoms with van der Waals surface area (Å²) in [4.78, 5) is 10.6. The zero-order valence-electron chi connectivity index (χ0n) is 6.25. The van der Waals surface area contributed by atoms with Crippen molar-refractivity contribution in [1.29, 1.82) is 0 Å². The fourth-order valence-electron chi connectivity index (χ4n) is 1.06. The highest BCUT2D eigenvalue weighted by atomic mass is 16.5. The van der Waals surface area contributed by atoms with Crippen LogP contribution < -0.4 is 5.73 Å². The molecule has 0 unspecified atom stereocenters. The van der Waals surface area contributed by atoms with Crippen LogP contribution in [0.3, 0.4) is 0 Å². The van der Waals surface area contributed by atoms with Crippen molar-refractivity contribution in [3.63, 3.8) is 0 Å². The third-order valence-corrected chi connectivity index (χ3v) is 1.78. The van der Waals surface area contributed by atoms with Gasteiger partial charge < -0.3 is 25.8 Å². The van der Waals surface area contributed by atoms with Crippen molar-refractivity contribution in [2.75, 3.05) is 6.61 Å². The summed E-state index contributed by atoms with van der Waals surface area (Å²) in [7, 11) is 0. The minimum absolute atomic E-state index is 0.203. The highest BCUT2D eigenvalue weighted by Crippen LogP contribution is 2.14. The maximum Gasteiger partial charge on any atom is 0.249 e. The number of hydrogen-bond acceptors (Lipinski definition) is 5. The fraction of sp³-hybridized carbons (Fsp3) is 0.833. The molecule has 1 fully saturated rings. The first-order valence-electron chi connectivity index (χ1n) is 3.49. The number of carbonyl (C=O) groups is 1. The Morgan fingerprint density at radius 3 is 2.42 bits per heavy atom. The summed E-state index contributed by atoms with van der Waals surface area (Å²) >= 11 is 0. The first-order chi connectivity index (χ1) is 5.54. The average Bonchev–Trinajstić information content (AvgIpc) is 2.00. The van der Waals surface area contributed by atoms with Gasteiger partial charge in [-0.15, -0.1) is 0 Å². The maximum atomic E-state index is 10.6. The van der Waals surface area contributed by atoms with E-state index in [1.54, 1.807) is 0 Å². The van der Waals surface area contributed by atoms with E-state index in [0.717, 1.165) is 0 Å². The molecule has 0 aromatic carbocycles. The standard InChI is InChI=1S/C6H11NO5/c7-6(11)5-4(10)3(9)2(8)1-12-5/h2-5,8-10H,1H2,(H2,7,11)/t2-,3+,4-,5-/m1/s1. The second kappa shape index (κ2) is 3.36. The molecule has 0 aromatic heterocycles. The molecule has 1 saturated heterocycles. The van der Waals surface area contributed by atoms with Gasteiger partial charge in [0.15, 0.2) is 6.10 Å². The number of aliphatic hydroxyl groups excluding tert-OH is 3. The van der Waals surface area contributed by atoms with Gasteiger partial charge in [0.25, 0.3) is 0 Å². The lowest BCUT2D eigenvalue weighted by atomic mass is 10.00. The number of aliphatic hydroxyl groups is 3. The van der Waals surface area contributed by atoms with Gasteiger partial charge in [-0.25, -0.2) is 0 Å². The predicted molar refractivity (Wildman–Crippen MR) is 37.0 cm³/mol. The Kier molecular flexibility index (Phi) is 2.63. The zero-order chi connectivity index (χ0) is 9.30. The Bertz CT molecular complexity index is 185. The molecule has 1 aliphatic rings.